The lowest BCUT2D eigenvalue weighted by atomic mass is 10.2. The second-order valence-corrected chi connectivity index (χ2v) is 6.42. The van der Waals surface area contributed by atoms with Gasteiger partial charge in [-0.05, 0) is 17.7 Å². The third kappa shape index (κ3) is 5.74. The van der Waals surface area contributed by atoms with Crippen LogP contribution in [0.25, 0.3) is 0 Å². The van der Waals surface area contributed by atoms with Crippen molar-refractivity contribution < 1.29 is 14.3 Å². The first-order valence-electron chi connectivity index (χ1n) is 9.25. The molecule has 2 aromatic carbocycles. The first-order chi connectivity index (χ1) is 13.2. The van der Waals surface area contributed by atoms with Crippen LogP contribution in [0.15, 0.2) is 60.7 Å². The van der Waals surface area contributed by atoms with Crippen molar-refractivity contribution >= 4 is 11.9 Å². The van der Waals surface area contributed by atoms with Gasteiger partial charge in [0, 0.05) is 32.7 Å². The SMILES string of the molecule is O=C(CCOc1ccccc1)N1CCN(C(=O)NCc2ccccc2)CC1. The number of piperazine rings is 1. The number of hydrogen-bond donors (Lipinski definition) is 1. The highest BCUT2D eigenvalue weighted by atomic mass is 16.5. The Labute approximate surface area is 159 Å². The minimum Gasteiger partial charge on any atom is -0.493 e. The van der Waals surface area contributed by atoms with E-state index in [-0.39, 0.29) is 11.9 Å². The molecule has 0 bridgehead atoms. The van der Waals surface area contributed by atoms with E-state index in [9.17, 15) is 9.59 Å². The molecule has 0 aliphatic carbocycles. The van der Waals surface area contributed by atoms with Crippen LogP contribution in [0.3, 0.4) is 0 Å². The van der Waals surface area contributed by atoms with Crippen LogP contribution in [-0.2, 0) is 11.3 Å². The quantitative estimate of drug-likeness (QED) is 0.853. The van der Waals surface area contributed by atoms with Crippen molar-refractivity contribution in [2.75, 3.05) is 32.8 Å². The van der Waals surface area contributed by atoms with Crippen LogP contribution in [0.5, 0.6) is 5.75 Å². The van der Waals surface area contributed by atoms with Gasteiger partial charge in [-0.15, -0.1) is 0 Å². The van der Waals surface area contributed by atoms with Crippen molar-refractivity contribution in [1.82, 2.24) is 15.1 Å². The molecule has 1 saturated heterocycles. The topological polar surface area (TPSA) is 61.9 Å². The molecule has 6 nitrogen and oxygen atoms in total. The van der Waals surface area contributed by atoms with Gasteiger partial charge < -0.3 is 19.9 Å². The van der Waals surface area contributed by atoms with Crippen LogP contribution in [0.4, 0.5) is 4.79 Å². The molecule has 1 heterocycles. The molecule has 2 aromatic rings. The average Bonchev–Trinajstić information content (AvgIpc) is 2.73. The molecule has 6 heteroatoms. The molecule has 0 radical (unpaired) electrons. The number of carbonyl (C=O) groups excluding carboxylic acids is 2. The highest BCUT2D eigenvalue weighted by Crippen LogP contribution is 2.10. The molecule has 1 aliphatic heterocycles. The first-order valence-corrected chi connectivity index (χ1v) is 9.25. The van der Waals surface area contributed by atoms with E-state index in [0.29, 0.717) is 45.8 Å². The van der Waals surface area contributed by atoms with Gasteiger partial charge in [-0.3, -0.25) is 4.79 Å². The van der Waals surface area contributed by atoms with Crippen LogP contribution in [0.1, 0.15) is 12.0 Å². The molecule has 0 spiro atoms. The Bertz CT molecular complexity index is 729. The number of carbonyl (C=O) groups is 2. The summed E-state index contributed by atoms with van der Waals surface area (Å²) in [5.41, 5.74) is 1.07. The van der Waals surface area contributed by atoms with E-state index in [2.05, 4.69) is 5.32 Å². The lowest BCUT2D eigenvalue weighted by Crippen LogP contribution is -2.53. The van der Waals surface area contributed by atoms with Crippen LogP contribution in [0, 0.1) is 0 Å². The summed E-state index contributed by atoms with van der Waals surface area (Å²) in [4.78, 5) is 28.1. The van der Waals surface area contributed by atoms with Crippen molar-refractivity contribution in [2.24, 2.45) is 0 Å². The van der Waals surface area contributed by atoms with Crippen LogP contribution < -0.4 is 10.1 Å². The Hall–Kier alpha value is -3.02. The first kappa shape index (κ1) is 18.8. The molecular weight excluding hydrogens is 342 g/mol. The van der Waals surface area contributed by atoms with E-state index in [4.69, 9.17) is 4.74 Å². The number of para-hydroxylation sites is 1. The maximum Gasteiger partial charge on any atom is 0.317 e. The van der Waals surface area contributed by atoms with Crippen molar-refractivity contribution in [2.45, 2.75) is 13.0 Å². The van der Waals surface area contributed by atoms with Gasteiger partial charge in [-0.2, -0.15) is 0 Å². The highest BCUT2D eigenvalue weighted by Gasteiger charge is 2.23. The Kier molecular flexibility index (Phi) is 6.68. The van der Waals surface area contributed by atoms with E-state index in [0.717, 1.165) is 11.3 Å². The molecular formula is C21H25N3O3. The maximum atomic E-state index is 12.3. The number of ether oxygens (including phenoxy) is 1. The van der Waals surface area contributed by atoms with Crippen molar-refractivity contribution in [3.63, 3.8) is 0 Å². The van der Waals surface area contributed by atoms with Crippen molar-refractivity contribution in [1.29, 1.82) is 0 Å². The number of urea groups is 1. The Morgan fingerprint density at radius 2 is 1.44 bits per heavy atom. The number of nitrogens with zero attached hydrogens (tertiary/aromatic N) is 2. The minimum absolute atomic E-state index is 0.0651. The van der Waals surface area contributed by atoms with Crippen LogP contribution in [0.2, 0.25) is 0 Å². The summed E-state index contributed by atoms with van der Waals surface area (Å²) >= 11 is 0. The van der Waals surface area contributed by atoms with Gasteiger partial charge in [0.1, 0.15) is 5.75 Å². The standard InChI is InChI=1S/C21H25N3O3/c25-20(11-16-27-19-9-5-2-6-10-19)23-12-14-24(15-13-23)21(26)22-17-18-7-3-1-4-8-18/h1-10H,11-17H2,(H,22,26). The van der Waals surface area contributed by atoms with Gasteiger partial charge in [0.25, 0.3) is 0 Å². The molecule has 0 saturated carbocycles. The van der Waals surface area contributed by atoms with E-state index in [1.54, 1.807) is 9.80 Å². The lowest BCUT2D eigenvalue weighted by molar-refractivity contribution is -0.133. The zero-order chi connectivity index (χ0) is 18.9. The molecule has 0 aromatic heterocycles. The van der Waals surface area contributed by atoms with Gasteiger partial charge >= 0.3 is 6.03 Å². The second kappa shape index (κ2) is 9.62. The van der Waals surface area contributed by atoms with Crippen LogP contribution in [-0.4, -0.2) is 54.5 Å². The third-order valence-electron chi connectivity index (χ3n) is 4.53. The van der Waals surface area contributed by atoms with Gasteiger partial charge in [0.05, 0.1) is 13.0 Å². The van der Waals surface area contributed by atoms with Crippen molar-refractivity contribution in [3.05, 3.63) is 66.2 Å². The average molecular weight is 367 g/mol. The van der Waals surface area contributed by atoms with Crippen molar-refractivity contribution in [3.8, 4) is 5.75 Å². The number of benzene rings is 2. The van der Waals surface area contributed by atoms with Gasteiger partial charge in [0.15, 0.2) is 0 Å². The van der Waals surface area contributed by atoms with E-state index in [1.807, 2.05) is 60.7 Å². The minimum atomic E-state index is -0.0848. The fourth-order valence-corrected chi connectivity index (χ4v) is 2.98. The Balaban J connectivity index is 1.35. The number of amides is 3. The summed E-state index contributed by atoms with van der Waals surface area (Å²) in [7, 11) is 0. The summed E-state index contributed by atoms with van der Waals surface area (Å²) in [5.74, 6) is 0.834. The fourth-order valence-electron chi connectivity index (χ4n) is 2.98. The predicted octanol–water partition coefficient (Wildman–Crippen LogP) is 2.51. The molecule has 3 amide bonds. The van der Waals surface area contributed by atoms with Gasteiger partial charge in [0.2, 0.25) is 5.91 Å². The number of nitrogens with one attached hydrogen (secondary N) is 1. The fraction of sp³-hybridized carbons (Fsp3) is 0.333. The number of hydrogen-bond acceptors (Lipinski definition) is 3. The van der Waals surface area contributed by atoms with E-state index in [1.165, 1.54) is 0 Å². The van der Waals surface area contributed by atoms with E-state index >= 15 is 0 Å². The zero-order valence-corrected chi connectivity index (χ0v) is 15.3. The monoisotopic (exact) mass is 367 g/mol. The largest absolute Gasteiger partial charge is 0.493 e. The summed E-state index contributed by atoms with van der Waals surface area (Å²) < 4.78 is 5.58. The molecule has 0 atom stereocenters. The van der Waals surface area contributed by atoms with E-state index < -0.39 is 0 Å². The summed E-state index contributed by atoms with van der Waals surface area (Å²) in [6.45, 7) is 3.08. The normalized spacial score (nSPS) is 13.9. The lowest BCUT2D eigenvalue weighted by Gasteiger charge is -2.34. The summed E-state index contributed by atoms with van der Waals surface area (Å²) in [6.07, 6.45) is 0.342. The zero-order valence-electron chi connectivity index (χ0n) is 15.3. The summed E-state index contributed by atoms with van der Waals surface area (Å²) in [5, 5.41) is 2.93. The molecule has 1 aliphatic rings. The molecule has 0 unspecified atom stereocenters. The summed E-state index contributed by atoms with van der Waals surface area (Å²) in [6, 6.07) is 19.2. The molecule has 3 rings (SSSR count). The van der Waals surface area contributed by atoms with Gasteiger partial charge in [-0.25, -0.2) is 4.79 Å². The maximum absolute atomic E-state index is 12.3. The Morgan fingerprint density at radius 3 is 2.11 bits per heavy atom. The smallest absolute Gasteiger partial charge is 0.317 e. The second-order valence-electron chi connectivity index (χ2n) is 6.42. The predicted molar refractivity (Wildman–Crippen MR) is 103 cm³/mol. The van der Waals surface area contributed by atoms with Crippen LogP contribution >= 0.6 is 0 Å². The number of rotatable bonds is 6. The molecule has 1 N–H and O–H groups in total. The molecule has 142 valence electrons. The molecule has 1 fully saturated rings. The van der Waals surface area contributed by atoms with Gasteiger partial charge in [-0.1, -0.05) is 48.5 Å². The Morgan fingerprint density at radius 1 is 0.852 bits per heavy atom. The third-order valence-corrected chi connectivity index (χ3v) is 4.53. The molecule has 27 heavy (non-hydrogen) atoms. The highest BCUT2D eigenvalue weighted by molar-refractivity contribution is 5.77.